The number of aromatic nitrogens is 2. The zero-order valence-corrected chi connectivity index (χ0v) is 19.0. The fourth-order valence-corrected chi connectivity index (χ4v) is 5.83. The van der Waals surface area contributed by atoms with Crippen molar-refractivity contribution < 1.29 is 4.79 Å². The molecular weight excluding hydrogens is 420 g/mol. The Bertz CT molecular complexity index is 1210. The Labute approximate surface area is 191 Å². The maximum absolute atomic E-state index is 12.8. The molecule has 5 rings (SSSR count). The molecule has 0 unspecified atom stereocenters. The number of nitriles is 1. The molecule has 2 aromatic heterocycles. The number of piperazine rings is 1. The molecule has 1 aromatic carbocycles. The first-order valence-electron chi connectivity index (χ1n) is 11.3. The Morgan fingerprint density at radius 1 is 1.19 bits per heavy atom. The van der Waals surface area contributed by atoms with Gasteiger partial charge in [-0.25, -0.2) is 14.8 Å². The molecule has 0 atom stereocenters. The van der Waals surface area contributed by atoms with Gasteiger partial charge in [-0.05, 0) is 49.4 Å². The first kappa shape index (κ1) is 20.7. The number of fused-ring (bicyclic) bond motifs is 3. The highest BCUT2D eigenvalue weighted by Gasteiger charge is 2.27. The third kappa shape index (κ3) is 3.89. The van der Waals surface area contributed by atoms with Crippen LogP contribution in [0.4, 0.5) is 16.3 Å². The molecule has 2 aliphatic rings. The highest BCUT2D eigenvalue weighted by molar-refractivity contribution is 7.19. The molecule has 1 saturated heterocycles. The molecule has 164 valence electrons. The molecular formula is C24H26N6OS. The summed E-state index contributed by atoms with van der Waals surface area (Å²) in [6, 6.07) is 8.97. The Balaban J connectivity index is 1.34. The fraction of sp³-hybridized carbons (Fsp3) is 0.417. The molecule has 0 radical (unpaired) electrons. The first-order valence-corrected chi connectivity index (χ1v) is 12.1. The largest absolute Gasteiger partial charge is 0.352 e. The number of hydrogen-bond acceptors (Lipinski definition) is 6. The summed E-state index contributed by atoms with van der Waals surface area (Å²) < 4.78 is 0. The smallest absolute Gasteiger partial charge is 0.321 e. The second-order valence-electron chi connectivity index (χ2n) is 8.30. The molecule has 3 aromatic rings. The summed E-state index contributed by atoms with van der Waals surface area (Å²) in [6.45, 7) is 4.84. The van der Waals surface area contributed by atoms with Crippen LogP contribution in [0.2, 0.25) is 0 Å². The minimum Gasteiger partial charge on any atom is -0.352 e. The lowest BCUT2D eigenvalue weighted by Crippen LogP contribution is -2.50. The predicted molar refractivity (Wildman–Crippen MR) is 127 cm³/mol. The summed E-state index contributed by atoms with van der Waals surface area (Å²) in [5.41, 5.74) is 2.63. The average molecular weight is 447 g/mol. The molecule has 0 saturated carbocycles. The van der Waals surface area contributed by atoms with Crippen LogP contribution in [0.25, 0.3) is 10.2 Å². The zero-order valence-electron chi connectivity index (χ0n) is 18.2. The molecule has 8 heteroatoms. The second-order valence-corrected chi connectivity index (χ2v) is 9.39. The minimum atomic E-state index is -0.130. The third-order valence-corrected chi connectivity index (χ3v) is 7.45. The van der Waals surface area contributed by atoms with Crippen LogP contribution in [0.3, 0.4) is 0 Å². The summed E-state index contributed by atoms with van der Waals surface area (Å²) in [5, 5.41) is 13.2. The van der Waals surface area contributed by atoms with Gasteiger partial charge >= 0.3 is 6.03 Å². The number of nitrogens with one attached hydrogen (secondary N) is 1. The lowest BCUT2D eigenvalue weighted by atomic mass is 9.97. The van der Waals surface area contributed by atoms with Crippen molar-refractivity contribution in [3.05, 3.63) is 46.1 Å². The van der Waals surface area contributed by atoms with Gasteiger partial charge in [0.2, 0.25) is 0 Å². The molecule has 1 aliphatic carbocycles. The van der Waals surface area contributed by atoms with E-state index in [4.69, 9.17) is 15.2 Å². The maximum Gasteiger partial charge on any atom is 0.321 e. The number of amides is 2. The minimum absolute atomic E-state index is 0.130. The molecule has 2 amide bonds. The number of urea groups is 1. The molecule has 1 fully saturated rings. The van der Waals surface area contributed by atoms with Crippen LogP contribution in [-0.2, 0) is 19.3 Å². The first-order chi connectivity index (χ1) is 15.7. The van der Waals surface area contributed by atoms with Crippen LogP contribution in [0.15, 0.2) is 24.3 Å². The van der Waals surface area contributed by atoms with Crippen LogP contribution in [0.5, 0.6) is 0 Å². The number of carbonyl (C=O) groups excluding carboxylic acids is 1. The highest BCUT2D eigenvalue weighted by atomic mass is 32.1. The van der Waals surface area contributed by atoms with Gasteiger partial charge in [0.15, 0.2) is 0 Å². The van der Waals surface area contributed by atoms with Crippen molar-refractivity contribution in [2.45, 2.75) is 39.0 Å². The van der Waals surface area contributed by atoms with E-state index in [1.165, 1.54) is 28.7 Å². The average Bonchev–Trinajstić information content (AvgIpc) is 3.22. The number of benzene rings is 1. The molecule has 3 heterocycles. The van der Waals surface area contributed by atoms with Crippen molar-refractivity contribution in [3.8, 4) is 6.07 Å². The third-order valence-electron chi connectivity index (χ3n) is 6.27. The predicted octanol–water partition coefficient (Wildman–Crippen LogP) is 4.36. The van der Waals surface area contributed by atoms with Gasteiger partial charge in [-0.2, -0.15) is 5.26 Å². The SMILES string of the molecule is CCc1nc(N2CCN(C(=O)Nc3cccc(C#N)c3)CC2)c2c3c(sc2n1)CCCC3. The van der Waals surface area contributed by atoms with Crippen molar-refractivity contribution in [2.75, 3.05) is 36.4 Å². The molecule has 0 bridgehead atoms. The van der Waals surface area contributed by atoms with Gasteiger partial charge in [0.05, 0.1) is 17.0 Å². The quantitative estimate of drug-likeness (QED) is 0.646. The Hall–Kier alpha value is -3.18. The van der Waals surface area contributed by atoms with Crippen molar-refractivity contribution in [3.63, 3.8) is 0 Å². The monoisotopic (exact) mass is 446 g/mol. The van der Waals surface area contributed by atoms with Crippen molar-refractivity contribution in [2.24, 2.45) is 0 Å². The van der Waals surface area contributed by atoms with Crippen LogP contribution in [-0.4, -0.2) is 47.1 Å². The van der Waals surface area contributed by atoms with Crippen molar-refractivity contribution in [1.82, 2.24) is 14.9 Å². The van der Waals surface area contributed by atoms with Crippen LogP contribution in [0.1, 0.15) is 41.6 Å². The number of anilines is 2. The number of hydrogen-bond donors (Lipinski definition) is 1. The zero-order chi connectivity index (χ0) is 22.1. The summed E-state index contributed by atoms with van der Waals surface area (Å²) in [7, 11) is 0. The van der Waals surface area contributed by atoms with E-state index in [1.807, 2.05) is 16.2 Å². The van der Waals surface area contributed by atoms with E-state index in [0.717, 1.165) is 48.8 Å². The summed E-state index contributed by atoms with van der Waals surface area (Å²) in [6.07, 6.45) is 5.57. The second kappa shape index (κ2) is 8.75. The molecule has 32 heavy (non-hydrogen) atoms. The van der Waals surface area contributed by atoms with Gasteiger partial charge in [-0.1, -0.05) is 13.0 Å². The van der Waals surface area contributed by atoms with E-state index in [-0.39, 0.29) is 6.03 Å². The van der Waals surface area contributed by atoms with Gasteiger partial charge in [0.1, 0.15) is 16.5 Å². The van der Waals surface area contributed by atoms with Gasteiger partial charge in [0, 0.05) is 43.2 Å². The van der Waals surface area contributed by atoms with Crippen LogP contribution < -0.4 is 10.2 Å². The Morgan fingerprint density at radius 2 is 2.00 bits per heavy atom. The molecule has 1 aliphatic heterocycles. The van der Waals surface area contributed by atoms with Gasteiger partial charge in [0.25, 0.3) is 0 Å². The maximum atomic E-state index is 12.8. The van der Waals surface area contributed by atoms with Gasteiger partial charge in [-0.3, -0.25) is 0 Å². The van der Waals surface area contributed by atoms with E-state index >= 15 is 0 Å². The van der Waals surface area contributed by atoms with E-state index < -0.39 is 0 Å². The van der Waals surface area contributed by atoms with Crippen LogP contribution in [0, 0.1) is 11.3 Å². The number of aryl methyl sites for hydroxylation is 3. The summed E-state index contributed by atoms with van der Waals surface area (Å²) >= 11 is 1.84. The lowest BCUT2D eigenvalue weighted by Gasteiger charge is -2.36. The van der Waals surface area contributed by atoms with Crippen molar-refractivity contribution in [1.29, 1.82) is 5.26 Å². The fourth-order valence-electron chi connectivity index (χ4n) is 4.56. The lowest BCUT2D eigenvalue weighted by molar-refractivity contribution is 0.208. The van der Waals surface area contributed by atoms with E-state index in [1.54, 1.807) is 24.3 Å². The van der Waals surface area contributed by atoms with Gasteiger partial charge < -0.3 is 15.1 Å². The summed E-state index contributed by atoms with van der Waals surface area (Å²) in [5.74, 6) is 1.94. The number of thiophene rings is 1. The van der Waals surface area contributed by atoms with Crippen molar-refractivity contribution >= 4 is 39.1 Å². The summed E-state index contributed by atoms with van der Waals surface area (Å²) in [4.78, 5) is 29.3. The number of nitrogens with zero attached hydrogens (tertiary/aromatic N) is 5. The topological polar surface area (TPSA) is 85.2 Å². The highest BCUT2D eigenvalue weighted by Crippen LogP contribution is 2.40. The van der Waals surface area contributed by atoms with Crippen LogP contribution >= 0.6 is 11.3 Å². The van der Waals surface area contributed by atoms with Gasteiger partial charge in [-0.15, -0.1) is 11.3 Å². The molecule has 7 nitrogen and oxygen atoms in total. The number of carbonyl (C=O) groups is 1. The number of rotatable bonds is 3. The van der Waals surface area contributed by atoms with E-state index in [9.17, 15) is 4.79 Å². The van der Waals surface area contributed by atoms with E-state index in [2.05, 4.69) is 23.2 Å². The van der Waals surface area contributed by atoms with E-state index in [0.29, 0.717) is 24.3 Å². The molecule has 0 spiro atoms. The Kier molecular flexibility index (Phi) is 5.66. The normalized spacial score (nSPS) is 16.0. The molecule has 1 N–H and O–H groups in total. The Morgan fingerprint density at radius 3 is 2.78 bits per heavy atom. The standard InChI is InChI=1S/C24H26N6OS/c1-2-20-27-22(21-18-8-3-4-9-19(18)32-23(21)28-20)29-10-12-30(13-11-29)24(31)26-17-7-5-6-16(14-17)15-25/h5-7,14H,2-4,8-13H2,1H3,(H,26,31).